The zero-order valence-corrected chi connectivity index (χ0v) is 15.3. The fraction of sp³-hybridized carbons (Fsp3) is 0.550. The van der Waals surface area contributed by atoms with Gasteiger partial charge in [-0.15, -0.1) is 0 Å². The molecule has 0 saturated heterocycles. The van der Waals surface area contributed by atoms with Gasteiger partial charge in [-0.3, -0.25) is 9.78 Å². The van der Waals surface area contributed by atoms with Gasteiger partial charge in [0.1, 0.15) is 0 Å². The molecule has 0 bridgehead atoms. The summed E-state index contributed by atoms with van der Waals surface area (Å²) in [6.07, 6.45) is 6.65. The Morgan fingerprint density at radius 2 is 2.19 bits per heavy atom. The van der Waals surface area contributed by atoms with Crippen molar-refractivity contribution in [3.8, 4) is 0 Å². The summed E-state index contributed by atoms with van der Waals surface area (Å²) >= 11 is 0. The normalized spacial score (nSPS) is 19.4. The summed E-state index contributed by atoms with van der Waals surface area (Å²) in [6.45, 7) is 5.65. The lowest BCUT2D eigenvalue weighted by atomic mass is 9.98. The van der Waals surface area contributed by atoms with E-state index in [1.807, 2.05) is 36.4 Å². The third-order valence-corrected chi connectivity index (χ3v) is 5.21. The number of fused-ring (bicyclic) bond motifs is 1. The highest BCUT2D eigenvalue weighted by Crippen LogP contribution is 2.34. The average Bonchev–Trinajstić information content (AvgIpc) is 3.39. The predicted molar refractivity (Wildman–Crippen MR) is 97.5 cm³/mol. The standard InChI is InChI=1S/C20H26N4O2/c1-2-26-13-16-11-23(19(25)9-17-5-3-4-8-21-17)12-18-20(16)24(14-22-18)10-15-6-7-15/h3-5,8,14-16H,2,6-7,9-13H2,1H3/t16-/m1/s1. The summed E-state index contributed by atoms with van der Waals surface area (Å²) in [6, 6.07) is 5.68. The first-order valence-electron chi connectivity index (χ1n) is 9.54. The van der Waals surface area contributed by atoms with Crippen LogP contribution in [0.25, 0.3) is 0 Å². The number of imidazole rings is 1. The van der Waals surface area contributed by atoms with Gasteiger partial charge in [0.05, 0.1) is 31.6 Å². The van der Waals surface area contributed by atoms with Crippen LogP contribution in [0.5, 0.6) is 0 Å². The molecule has 0 unspecified atom stereocenters. The number of hydrogen-bond acceptors (Lipinski definition) is 4. The number of amides is 1. The first-order chi connectivity index (χ1) is 12.7. The van der Waals surface area contributed by atoms with Crippen molar-refractivity contribution in [3.05, 3.63) is 47.8 Å². The summed E-state index contributed by atoms with van der Waals surface area (Å²) in [5.41, 5.74) is 3.10. The van der Waals surface area contributed by atoms with Crippen LogP contribution < -0.4 is 0 Å². The number of nitrogens with zero attached hydrogens (tertiary/aromatic N) is 4. The second kappa shape index (κ2) is 7.58. The molecule has 1 amide bonds. The fourth-order valence-corrected chi connectivity index (χ4v) is 3.70. The maximum Gasteiger partial charge on any atom is 0.228 e. The van der Waals surface area contributed by atoms with Gasteiger partial charge in [-0.1, -0.05) is 6.07 Å². The van der Waals surface area contributed by atoms with Crippen LogP contribution >= 0.6 is 0 Å². The maximum absolute atomic E-state index is 12.8. The minimum Gasteiger partial charge on any atom is -0.381 e. The van der Waals surface area contributed by atoms with E-state index in [1.165, 1.54) is 18.5 Å². The van der Waals surface area contributed by atoms with Crippen LogP contribution in [0.1, 0.15) is 42.8 Å². The van der Waals surface area contributed by atoms with E-state index in [0.717, 1.165) is 23.9 Å². The van der Waals surface area contributed by atoms with Crippen molar-refractivity contribution < 1.29 is 9.53 Å². The Hall–Kier alpha value is -2.21. The molecule has 0 aromatic carbocycles. The van der Waals surface area contributed by atoms with Crippen molar-refractivity contribution in [2.75, 3.05) is 19.8 Å². The maximum atomic E-state index is 12.8. The van der Waals surface area contributed by atoms with E-state index in [4.69, 9.17) is 4.74 Å². The van der Waals surface area contributed by atoms with Gasteiger partial charge in [0.25, 0.3) is 0 Å². The van der Waals surface area contributed by atoms with Gasteiger partial charge in [0.15, 0.2) is 0 Å². The molecule has 138 valence electrons. The minimum absolute atomic E-state index is 0.104. The Kier molecular flexibility index (Phi) is 5.02. The number of rotatable bonds is 7. The van der Waals surface area contributed by atoms with Crippen LogP contribution in [-0.4, -0.2) is 45.1 Å². The quantitative estimate of drug-likeness (QED) is 0.766. The van der Waals surface area contributed by atoms with Crippen LogP contribution in [-0.2, 0) is 29.0 Å². The fourth-order valence-electron chi connectivity index (χ4n) is 3.70. The molecule has 1 saturated carbocycles. The Balaban J connectivity index is 1.52. The number of aromatic nitrogens is 3. The zero-order chi connectivity index (χ0) is 17.9. The summed E-state index contributed by atoms with van der Waals surface area (Å²) in [5.74, 6) is 1.09. The molecule has 1 aliphatic heterocycles. The molecular formula is C20H26N4O2. The van der Waals surface area contributed by atoms with E-state index < -0.39 is 0 Å². The molecule has 0 N–H and O–H groups in total. The van der Waals surface area contributed by atoms with Gasteiger partial charge in [0.2, 0.25) is 5.91 Å². The molecule has 1 fully saturated rings. The lowest BCUT2D eigenvalue weighted by Crippen LogP contribution is -2.41. The largest absolute Gasteiger partial charge is 0.381 e. The summed E-state index contributed by atoms with van der Waals surface area (Å²) in [5, 5.41) is 0. The molecule has 2 aliphatic rings. The molecule has 26 heavy (non-hydrogen) atoms. The minimum atomic E-state index is 0.104. The molecule has 0 spiro atoms. The molecule has 6 heteroatoms. The summed E-state index contributed by atoms with van der Waals surface area (Å²) in [4.78, 5) is 23.6. The third-order valence-electron chi connectivity index (χ3n) is 5.21. The Morgan fingerprint density at radius 1 is 1.31 bits per heavy atom. The highest BCUT2D eigenvalue weighted by atomic mass is 16.5. The van der Waals surface area contributed by atoms with Crippen molar-refractivity contribution in [2.24, 2.45) is 5.92 Å². The van der Waals surface area contributed by atoms with Crippen LogP contribution in [0.3, 0.4) is 0 Å². The van der Waals surface area contributed by atoms with E-state index in [2.05, 4.69) is 14.5 Å². The summed E-state index contributed by atoms with van der Waals surface area (Å²) in [7, 11) is 0. The first-order valence-corrected chi connectivity index (χ1v) is 9.54. The van der Waals surface area contributed by atoms with Gasteiger partial charge in [-0.05, 0) is 37.8 Å². The van der Waals surface area contributed by atoms with Crippen LogP contribution in [0, 0.1) is 5.92 Å². The number of ether oxygens (including phenoxy) is 1. The lowest BCUT2D eigenvalue weighted by Gasteiger charge is -2.33. The van der Waals surface area contributed by atoms with E-state index in [-0.39, 0.29) is 11.8 Å². The highest BCUT2D eigenvalue weighted by molar-refractivity contribution is 5.78. The number of hydrogen-bond donors (Lipinski definition) is 0. The average molecular weight is 354 g/mol. The van der Waals surface area contributed by atoms with E-state index in [9.17, 15) is 4.79 Å². The van der Waals surface area contributed by atoms with Gasteiger partial charge < -0.3 is 14.2 Å². The van der Waals surface area contributed by atoms with Crippen LogP contribution in [0.15, 0.2) is 30.7 Å². The molecule has 1 aliphatic carbocycles. The number of carbonyl (C=O) groups is 1. The van der Waals surface area contributed by atoms with Crippen molar-refractivity contribution >= 4 is 5.91 Å². The third kappa shape index (κ3) is 3.80. The zero-order valence-electron chi connectivity index (χ0n) is 15.3. The number of pyridine rings is 1. The number of carbonyl (C=O) groups excluding carboxylic acids is 1. The highest BCUT2D eigenvalue weighted by Gasteiger charge is 2.33. The van der Waals surface area contributed by atoms with E-state index in [1.54, 1.807) is 6.20 Å². The van der Waals surface area contributed by atoms with E-state index in [0.29, 0.717) is 32.7 Å². The lowest BCUT2D eigenvalue weighted by molar-refractivity contribution is -0.132. The SMILES string of the molecule is CCOC[C@H]1CN(C(=O)Cc2ccccn2)Cc2ncn(CC3CC3)c21. The molecule has 4 rings (SSSR count). The molecule has 2 aromatic heterocycles. The molecule has 1 atom stereocenters. The molecule has 0 radical (unpaired) electrons. The Bertz CT molecular complexity index is 754. The van der Waals surface area contributed by atoms with Crippen molar-refractivity contribution in [1.29, 1.82) is 0 Å². The molecule has 3 heterocycles. The first kappa shape index (κ1) is 17.2. The topological polar surface area (TPSA) is 60.2 Å². The van der Waals surface area contributed by atoms with E-state index >= 15 is 0 Å². The molecule has 2 aromatic rings. The van der Waals surface area contributed by atoms with Crippen LogP contribution in [0.4, 0.5) is 0 Å². The second-order valence-corrected chi connectivity index (χ2v) is 7.30. The van der Waals surface area contributed by atoms with Gasteiger partial charge >= 0.3 is 0 Å². The van der Waals surface area contributed by atoms with Gasteiger partial charge in [-0.25, -0.2) is 4.98 Å². The molecule has 6 nitrogen and oxygen atoms in total. The smallest absolute Gasteiger partial charge is 0.228 e. The predicted octanol–water partition coefficient (Wildman–Crippen LogP) is 2.39. The van der Waals surface area contributed by atoms with Gasteiger partial charge in [-0.2, -0.15) is 0 Å². The molecular weight excluding hydrogens is 328 g/mol. The summed E-state index contributed by atoms with van der Waals surface area (Å²) < 4.78 is 8.03. The monoisotopic (exact) mass is 354 g/mol. The van der Waals surface area contributed by atoms with Crippen LogP contribution in [0.2, 0.25) is 0 Å². The Labute approximate surface area is 154 Å². The second-order valence-electron chi connectivity index (χ2n) is 7.30. The van der Waals surface area contributed by atoms with Gasteiger partial charge in [0, 0.05) is 43.2 Å². The van der Waals surface area contributed by atoms with Crippen molar-refractivity contribution in [2.45, 2.75) is 45.2 Å². The van der Waals surface area contributed by atoms with Crippen molar-refractivity contribution in [3.63, 3.8) is 0 Å². The Morgan fingerprint density at radius 3 is 2.92 bits per heavy atom. The van der Waals surface area contributed by atoms with Crippen molar-refractivity contribution in [1.82, 2.24) is 19.4 Å².